The maximum Gasteiger partial charge on any atom is 0.223 e. The number of aliphatic hydroxyl groups excluding tert-OH is 2. The van der Waals surface area contributed by atoms with Crippen molar-refractivity contribution in [3.8, 4) is 0 Å². The lowest BCUT2D eigenvalue weighted by atomic mass is 10.1. The van der Waals surface area contributed by atoms with Crippen LogP contribution in [0.1, 0.15) is 6.92 Å². The van der Waals surface area contributed by atoms with E-state index in [9.17, 15) is 0 Å². The van der Waals surface area contributed by atoms with Gasteiger partial charge >= 0.3 is 0 Å². The molecule has 3 N–H and O–H groups in total. The van der Waals surface area contributed by atoms with Crippen LogP contribution < -0.4 is 5.32 Å². The largest absolute Gasteiger partial charge is 0.394 e. The molecule has 0 fully saturated rings. The van der Waals surface area contributed by atoms with Crippen LogP contribution in [0.3, 0.4) is 0 Å². The Morgan fingerprint density at radius 1 is 1.36 bits per heavy atom. The molecule has 0 bridgehead atoms. The quantitative estimate of drug-likeness (QED) is 0.676. The normalized spacial score (nSPS) is 11.4. The third-order valence-corrected chi connectivity index (χ3v) is 1.93. The van der Waals surface area contributed by atoms with Gasteiger partial charge in [-0.15, -0.1) is 0 Å². The molecule has 1 aromatic heterocycles. The van der Waals surface area contributed by atoms with Crippen LogP contribution in [0.5, 0.6) is 0 Å². The molecule has 0 saturated carbocycles. The second-order valence-corrected chi connectivity index (χ2v) is 3.66. The molecule has 0 unspecified atom stereocenters. The van der Waals surface area contributed by atoms with Crippen LogP contribution in [-0.4, -0.2) is 38.9 Å². The van der Waals surface area contributed by atoms with Crippen LogP contribution in [-0.2, 0) is 0 Å². The number of nitrogens with one attached hydrogen (secondary N) is 1. The molecule has 0 radical (unpaired) electrons. The van der Waals surface area contributed by atoms with Gasteiger partial charge in [0.2, 0.25) is 5.95 Å². The van der Waals surface area contributed by atoms with Crippen molar-refractivity contribution in [2.75, 3.05) is 18.5 Å². The third-order valence-electron chi connectivity index (χ3n) is 1.73. The van der Waals surface area contributed by atoms with E-state index in [2.05, 4.69) is 15.3 Å². The summed E-state index contributed by atoms with van der Waals surface area (Å²) in [6.07, 6.45) is 2.87. The molecule has 1 aromatic rings. The summed E-state index contributed by atoms with van der Waals surface area (Å²) in [6.45, 7) is 1.23. The number of aromatic nitrogens is 2. The van der Waals surface area contributed by atoms with Gasteiger partial charge in [-0.1, -0.05) is 11.6 Å². The molecular formula is C8H12ClN3O2. The first-order valence-electron chi connectivity index (χ1n) is 4.07. The van der Waals surface area contributed by atoms with E-state index in [0.717, 1.165) is 0 Å². The number of anilines is 1. The Labute approximate surface area is 86.8 Å². The Bertz CT molecular complexity index is 287. The SMILES string of the molecule is CC(CO)(CO)Nc1ncc(Cl)cn1. The zero-order valence-corrected chi connectivity index (χ0v) is 8.49. The predicted molar refractivity (Wildman–Crippen MR) is 53.2 cm³/mol. The Morgan fingerprint density at radius 2 is 1.86 bits per heavy atom. The maximum absolute atomic E-state index is 9.00. The van der Waals surface area contributed by atoms with Crippen molar-refractivity contribution in [2.45, 2.75) is 12.5 Å². The van der Waals surface area contributed by atoms with Gasteiger partial charge in [-0.3, -0.25) is 0 Å². The zero-order valence-electron chi connectivity index (χ0n) is 7.74. The molecule has 5 nitrogen and oxygen atoms in total. The van der Waals surface area contributed by atoms with Gasteiger partial charge in [-0.2, -0.15) is 0 Å². The number of aliphatic hydroxyl groups is 2. The Morgan fingerprint density at radius 3 is 2.29 bits per heavy atom. The smallest absolute Gasteiger partial charge is 0.223 e. The van der Waals surface area contributed by atoms with Crippen molar-refractivity contribution in [3.63, 3.8) is 0 Å². The minimum atomic E-state index is -0.826. The number of nitrogens with zero attached hydrogens (tertiary/aromatic N) is 2. The van der Waals surface area contributed by atoms with E-state index in [-0.39, 0.29) is 13.2 Å². The van der Waals surface area contributed by atoms with Crippen LogP contribution in [0, 0.1) is 0 Å². The third kappa shape index (κ3) is 2.80. The van der Waals surface area contributed by atoms with E-state index >= 15 is 0 Å². The minimum absolute atomic E-state index is 0.213. The van der Waals surface area contributed by atoms with E-state index in [4.69, 9.17) is 21.8 Å². The van der Waals surface area contributed by atoms with Crippen molar-refractivity contribution in [1.29, 1.82) is 0 Å². The summed E-state index contributed by atoms with van der Waals surface area (Å²) < 4.78 is 0. The zero-order chi connectivity index (χ0) is 10.6. The fraction of sp³-hybridized carbons (Fsp3) is 0.500. The summed E-state index contributed by atoms with van der Waals surface area (Å²) >= 11 is 5.60. The molecule has 0 aliphatic carbocycles. The van der Waals surface area contributed by atoms with Crippen LogP contribution in [0.4, 0.5) is 5.95 Å². The van der Waals surface area contributed by atoms with Gasteiger partial charge in [0, 0.05) is 0 Å². The van der Waals surface area contributed by atoms with Crippen molar-refractivity contribution in [3.05, 3.63) is 17.4 Å². The number of hydrogen-bond donors (Lipinski definition) is 3. The van der Waals surface area contributed by atoms with Gasteiger partial charge in [0.15, 0.2) is 0 Å². The van der Waals surface area contributed by atoms with Crippen molar-refractivity contribution < 1.29 is 10.2 Å². The van der Waals surface area contributed by atoms with E-state index in [0.29, 0.717) is 11.0 Å². The fourth-order valence-electron chi connectivity index (χ4n) is 0.776. The molecule has 0 aliphatic heterocycles. The lowest BCUT2D eigenvalue weighted by Gasteiger charge is -2.25. The van der Waals surface area contributed by atoms with E-state index in [1.54, 1.807) is 6.92 Å². The summed E-state index contributed by atoms with van der Waals surface area (Å²) in [6, 6.07) is 0. The van der Waals surface area contributed by atoms with Crippen molar-refractivity contribution in [1.82, 2.24) is 9.97 Å². The van der Waals surface area contributed by atoms with Gasteiger partial charge < -0.3 is 15.5 Å². The summed E-state index contributed by atoms with van der Waals surface area (Å²) in [5.74, 6) is 0.319. The summed E-state index contributed by atoms with van der Waals surface area (Å²) in [5.41, 5.74) is -0.826. The van der Waals surface area contributed by atoms with Gasteiger partial charge in [0.05, 0.1) is 36.2 Å². The number of hydrogen-bond acceptors (Lipinski definition) is 5. The van der Waals surface area contributed by atoms with Crippen LogP contribution in [0.2, 0.25) is 5.02 Å². The van der Waals surface area contributed by atoms with E-state index < -0.39 is 5.54 Å². The highest BCUT2D eigenvalue weighted by atomic mass is 35.5. The molecule has 0 atom stereocenters. The minimum Gasteiger partial charge on any atom is -0.394 e. The topological polar surface area (TPSA) is 78.3 Å². The van der Waals surface area contributed by atoms with Gasteiger partial charge in [0.25, 0.3) is 0 Å². The second kappa shape index (κ2) is 4.54. The van der Waals surface area contributed by atoms with Gasteiger partial charge in [0.1, 0.15) is 0 Å². The second-order valence-electron chi connectivity index (χ2n) is 3.23. The molecule has 1 heterocycles. The first kappa shape index (κ1) is 11.2. The average Bonchev–Trinajstić information content (AvgIpc) is 2.21. The number of rotatable bonds is 4. The molecule has 1 rings (SSSR count). The Balaban J connectivity index is 2.72. The highest BCUT2D eigenvalue weighted by Crippen LogP contribution is 2.11. The molecule has 0 aromatic carbocycles. The molecular weight excluding hydrogens is 206 g/mol. The van der Waals surface area contributed by atoms with Crippen LogP contribution in [0.15, 0.2) is 12.4 Å². The molecule has 0 aliphatic rings. The van der Waals surface area contributed by atoms with Crippen LogP contribution in [0.25, 0.3) is 0 Å². The molecule has 78 valence electrons. The fourth-order valence-corrected chi connectivity index (χ4v) is 0.873. The standard InChI is InChI=1S/C8H12ClN3O2/c1-8(4-13,5-14)12-7-10-2-6(9)3-11-7/h2-3,13-14H,4-5H2,1H3,(H,10,11,12). The maximum atomic E-state index is 9.00. The van der Waals surface area contributed by atoms with Gasteiger partial charge in [-0.05, 0) is 6.92 Å². The van der Waals surface area contributed by atoms with Gasteiger partial charge in [-0.25, -0.2) is 9.97 Å². The first-order valence-corrected chi connectivity index (χ1v) is 4.45. The monoisotopic (exact) mass is 217 g/mol. The van der Waals surface area contributed by atoms with Crippen molar-refractivity contribution >= 4 is 17.5 Å². The average molecular weight is 218 g/mol. The lowest BCUT2D eigenvalue weighted by Crippen LogP contribution is -2.43. The molecule has 6 heteroatoms. The number of halogens is 1. The molecule has 0 saturated heterocycles. The summed E-state index contributed by atoms with van der Waals surface area (Å²) in [7, 11) is 0. The highest BCUT2D eigenvalue weighted by Gasteiger charge is 2.22. The molecule has 14 heavy (non-hydrogen) atoms. The lowest BCUT2D eigenvalue weighted by molar-refractivity contribution is 0.147. The Kier molecular flexibility index (Phi) is 3.62. The van der Waals surface area contributed by atoms with E-state index in [1.807, 2.05) is 0 Å². The summed E-state index contributed by atoms with van der Waals surface area (Å²) in [5, 5.41) is 21.2. The first-order chi connectivity index (χ1) is 6.59. The van der Waals surface area contributed by atoms with Crippen molar-refractivity contribution in [2.24, 2.45) is 0 Å². The van der Waals surface area contributed by atoms with E-state index in [1.165, 1.54) is 12.4 Å². The predicted octanol–water partition coefficient (Wildman–Crippen LogP) is 0.285. The molecule has 0 spiro atoms. The molecule has 0 amide bonds. The highest BCUT2D eigenvalue weighted by molar-refractivity contribution is 6.30. The summed E-state index contributed by atoms with van der Waals surface area (Å²) in [4.78, 5) is 7.77. The Hall–Kier alpha value is -0.910. The van der Waals surface area contributed by atoms with Crippen LogP contribution >= 0.6 is 11.6 Å².